The van der Waals surface area contributed by atoms with Crippen LogP contribution in [0.15, 0.2) is 47.8 Å². The lowest BCUT2D eigenvalue weighted by Gasteiger charge is -2.22. The van der Waals surface area contributed by atoms with Gasteiger partial charge in [0.25, 0.3) is 0 Å². The molecule has 1 saturated heterocycles. The quantitative estimate of drug-likeness (QED) is 0.380. The highest BCUT2D eigenvalue weighted by Crippen LogP contribution is 2.26. The van der Waals surface area contributed by atoms with E-state index in [-0.39, 0.29) is 0 Å². The fourth-order valence-corrected chi connectivity index (χ4v) is 3.81. The molecule has 1 fully saturated rings. The smallest absolute Gasteiger partial charge is 0.193 e. The third-order valence-electron chi connectivity index (χ3n) is 5.29. The van der Waals surface area contributed by atoms with Gasteiger partial charge < -0.3 is 15.5 Å². The number of guanidine groups is 1. The van der Waals surface area contributed by atoms with Gasteiger partial charge in [0.05, 0.1) is 18.1 Å². The minimum absolute atomic E-state index is 0.568. The van der Waals surface area contributed by atoms with Crippen molar-refractivity contribution < 1.29 is 0 Å². The Hall–Kier alpha value is -3.16. The predicted molar refractivity (Wildman–Crippen MR) is 116 cm³/mol. The van der Waals surface area contributed by atoms with Gasteiger partial charge in [-0.25, -0.2) is 9.97 Å². The zero-order valence-electron chi connectivity index (χ0n) is 17.0. The molecule has 8 heteroatoms. The summed E-state index contributed by atoms with van der Waals surface area (Å²) in [4.78, 5) is 15.8. The lowest BCUT2D eigenvalue weighted by Crippen LogP contribution is -2.40. The van der Waals surface area contributed by atoms with Crippen molar-refractivity contribution in [1.29, 1.82) is 0 Å². The van der Waals surface area contributed by atoms with E-state index in [1.54, 1.807) is 17.2 Å². The van der Waals surface area contributed by atoms with E-state index in [2.05, 4.69) is 67.9 Å². The minimum Gasteiger partial charge on any atom is -0.367 e. The molecule has 1 unspecified atom stereocenters. The van der Waals surface area contributed by atoms with Crippen LogP contribution in [0.2, 0.25) is 0 Å². The maximum absolute atomic E-state index is 4.83. The summed E-state index contributed by atoms with van der Waals surface area (Å²) in [5, 5.41) is 12.0. The second-order valence-electron chi connectivity index (χ2n) is 7.23. The number of aryl methyl sites for hydroxylation is 1. The second-order valence-corrected chi connectivity index (χ2v) is 7.23. The van der Waals surface area contributed by atoms with Gasteiger partial charge >= 0.3 is 0 Å². The summed E-state index contributed by atoms with van der Waals surface area (Å²) in [6.45, 7) is 6.37. The molecule has 8 nitrogen and oxygen atoms in total. The van der Waals surface area contributed by atoms with Crippen LogP contribution in [0, 0.1) is 0 Å². The molecule has 29 heavy (non-hydrogen) atoms. The van der Waals surface area contributed by atoms with E-state index in [1.165, 1.54) is 5.56 Å². The molecule has 0 saturated carbocycles. The largest absolute Gasteiger partial charge is 0.367 e. The Labute approximate surface area is 171 Å². The van der Waals surface area contributed by atoms with Gasteiger partial charge in [0.1, 0.15) is 12.1 Å². The lowest BCUT2D eigenvalue weighted by atomic mass is 9.99. The average molecular weight is 393 g/mol. The maximum Gasteiger partial charge on any atom is 0.193 e. The highest BCUT2D eigenvalue weighted by atomic mass is 15.3. The van der Waals surface area contributed by atoms with Crippen LogP contribution in [0.4, 0.5) is 5.82 Å². The van der Waals surface area contributed by atoms with Crippen LogP contribution in [-0.2, 0) is 7.05 Å². The SMILES string of the molecule is CCNC(=NCCNc1ncnc2c1cnn2C)N1CCC(c2ccccc2)C1. The van der Waals surface area contributed by atoms with Crippen molar-refractivity contribution >= 4 is 22.8 Å². The number of benzene rings is 1. The van der Waals surface area contributed by atoms with Crippen molar-refractivity contribution in [1.82, 2.24) is 30.0 Å². The van der Waals surface area contributed by atoms with Crippen LogP contribution in [-0.4, -0.2) is 63.3 Å². The summed E-state index contributed by atoms with van der Waals surface area (Å²) in [5.74, 6) is 2.36. The molecule has 2 aromatic heterocycles. The Balaban J connectivity index is 1.36. The first-order valence-corrected chi connectivity index (χ1v) is 10.2. The fraction of sp³-hybridized carbons (Fsp3) is 0.429. The van der Waals surface area contributed by atoms with E-state index < -0.39 is 0 Å². The number of nitrogens with zero attached hydrogens (tertiary/aromatic N) is 6. The molecule has 3 heterocycles. The van der Waals surface area contributed by atoms with Crippen LogP contribution in [0.3, 0.4) is 0 Å². The van der Waals surface area contributed by atoms with Crippen molar-refractivity contribution in [2.75, 3.05) is 38.0 Å². The molecule has 0 aliphatic carbocycles. The molecule has 2 N–H and O–H groups in total. The molecule has 3 aromatic rings. The second kappa shape index (κ2) is 8.89. The van der Waals surface area contributed by atoms with Crippen molar-refractivity contribution in [2.45, 2.75) is 19.3 Å². The summed E-state index contributed by atoms with van der Waals surface area (Å²) in [6.07, 6.45) is 4.51. The molecule has 0 radical (unpaired) electrons. The number of anilines is 1. The van der Waals surface area contributed by atoms with E-state index in [1.807, 2.05) is 7.05 Å². The van der Waals surface area contributed by atoms with Gasteiger partial charge in [-0.05, 0) is 18.9 Å². The molecule has 152 valence electrons. The summed E-state index contributed by atoms with van der Waals surface area (Å²) < 4.78 is 1.75. The standard InChI is InChI=1S/C21H28N8/c1-3-22-21(29-12-9-17(14-29)16-7-5-4-6-8-16)24-11-10-23-19-18-13-27-28(2)20(18)26-15-25-19/h4-8,13,15,17H,3,9-12,14H2,1-2H3,(H,22,24)(H,23,25,26). The third kappa shape index (κ3) is 4.31. The van der Waals surface area contributed by atoms with Gasteiger partial charge in [0.2, 0.25) is 0 Å². The van der Waals surface area contributed by atoms with Gasteiger partial charge in [-0.2, -0.15) is 5.10 Å². The molecule has 0 amide bonds. The van der Waals surface area contributed by atoms with Crippen LogP contribution in [0.25, 0.3) is 11.0 Å². The number of hydrogen-bond donors (Lipinski definition) is 2. The first-order chi connectivity index (χ1) is 14.3. The normalized spacial score (nSPS) is 17.1. The van der Waals surface area contributed by atoms with Crippen LogP contribution < -0.4 is 10.6 Å². The zero-order chi connectivity index (χ0) is 20.1. The summed E-state index contributed by atoms with van der Waals surface area (Å²) in [5.41, 5.74) is 2.24. The van der Waals surface area contributed by atoms with Crippen LogP contribution in [0.5, 0.6) is 0 Å². The van der Waals surface area contributed by atoms with Gasteiger partial charge in [-0.15, -0.1) is 0 Å². The number of aromatic nitrogens is 4. The van der Waals surface area contributed by atoms with Gasteiger partial charge in [0.15, 0.2) is 11.6 Å². The summed E-state index contributed by atoms with van der Waals surface area (Å²) >= 11 is 0. The molecular weight excluding hydrogens is 364 g/mol. The average Bonchev–Trinajstić information content (AvgIpc) is 3.39. The minimum atomic E-state index is 0.568. The van der Waals surface area contributed by atoms with Crippen LogP contribution >= 0.6 is 0 Å². The Morgan fingerprint density at radius 2 is 2.10 bits per heavy atom. The highest BCUT2D eigenvalue weighted by molar-refractivity contribution is 5.86. The summed E-state index contributed by atoms with van der Waals surface area (Å²) in [7, 11) is 1.88. The summed E-state index contributed by atoms with van der Waals surface area (Å²) in [6, 6.07) is 10.8. The first kappa shape index (κ1) is 19.2. The molecule has 0 spiro atoms. The van der Waals surface area contributed by atoms with Gasteiger partial charge in [0, 0.05) is 39.1 Å². The highest BCUT2D eigenvalue weighted by Gasteiger charge is 2.25. The fourth-order valence-electron chi connectivity index (χ4n) is 3.81. The number of likely N-dealkylation sites (tertiary alicyclic amines) is 1. The van der Waals surface area contributed by atoms with Crippen LogP contribution in [0.1, 0.15) is 24.8 Å². The first-order valence-electron chi connectivity index (χ1n) is 10.2. The number of fused-ring (bicyclic) bond motifs is 1. The van der Waals surface area contributed by atoms with Gasteiger partial charge in [-0.3, -0.25) is 9.67 Å². The van der Waals surface area contributed by atoms with E-state index in [0.29, 0.717) is 19.0 Å². The molecule has 1 atom stereocenters. The van der Waals surface area contributed by atoms with Crippen molar-refractivity contribution in [3.63, 3.8) is 0 Å². The van der Waals surface area contributed by atoms with E-state index in [4.69, 9.17) is 4.99 Å². The van der Waals surface area contributed by atoms with Crippen molar-refractivity contribution in [2.24, 2.45) is 12.0 Å². The molecule has 1 aliphatic rings. The molecule has 1 aliphatic heterocycles. The number of hydrogen-bond acceptors (Lipinski definition) is 5. The molecular formula is C21H28N8. The monoisotopic (exact) mass is 392 g/mol. The predicted octanol–water partition coefficient (Wildman–Crippen LogP) is 2.23. The van der Waals surface area contributed by atoms with Crippen molar-refractivity contribution in [3.05, 3.63) is 48.4 Å². The Kier molecular flexibility index (Phi) is 5.88. The Morgan fingerprint density at radius 1 is 1.24 bits per heavy atom. The molecule has 1 aromatic carbocycles. The zero-order valence-corrected chi connectivity index (χ0v) is 17.0. The van der Waals surface area contributed by atoms with E-state index in [9.17, 15) is 0 Å². The van der Waals surface area contributed by atoms with Gasteiger partial charge in [-0.1, -0.05) is 30.3 Å². The molecule has 4 rings (SSSR count). The maximum atomic E-state index is 4.83. The van der Waals surface area contributed by atoms with Crippen molar-refractivity contribution in [3.8, 4) is 0 Å². The van der Waals surface area contributed by atoms with E-state index in [0.717, 1.165) is 48.9 Å². The number of rotatable bonds is 6. The van der Waals surface area contributed by atoms with E-state index >= 15 is 0 Å². The lowest BCUT2D eigenvalue weighted by molar-refractivity contribution is 0.486. The number of aliphatic imine (C=N–C) groups is 1. The third-order valence-corrected chi connectivity index (χ3v) is 5.29. The Morgan fingerprint density at radius 3 is 2.93 bits per heavy atom. The molecule has 0 bridgehead atoms. The number of nitrogens with one attached hydrogen (secondary N) is 2. The topological polar surface area (TPSA) is 83.3 Å². The Bertz CT molecular complexity index is 965.